The Labute approximate surface area is 157 Å². The fraction of sp³-hybridized carbons (Fsp3) is 0.350. The van der Waals surface area contributed by atoms with Gasteiger partial charge in [0.05, 0.1) is 0 Å². The van der Waals surface area contributed by atoms with Gasteiger partial charge in [0.1, 0.15) is 0 Å². The average molecular weight is 402 g/mol. The molecule has 0 saturated carbocycles. The number of halogens is 1. The molecule has 0 unspecified atom stereocenters. The zero-order valence-corrected chi connectivity index (χ0v) is 15.9. The molecular formula is C20H24BrN3O. The fourth-order valence-electron chi connectivity index (χ4n) is 3.10. The molecule has 1 saturated heterocycles. The molecule has 2 aromatic rings. The molecule has 0 aliphatic carbocycles. The Morgan fingerprint density at radius 2 is 1.80 bits per heavy atom. The van der Waals surface area contributed by atoms with Crippen LogP contribution in [-0.4, -0.2) is 25.7 Å². The van der Waals surface area contributed by atoms with E-state index in [4.69, 9.17) is 0 Å². The van der Waals surface area contributed by atoms with Gasteiger partial charge in [-0.2, -0.15) is 0 Å². The SMILES string of the molecule is O=C(NCCc1cccc(Br)c1)Nc1ccc(N2CCCCC2)cc1. The van der Waals surface area contributed by atoms with E-state index in [1.807, 2.05) is 24.3 Å². The number of anilines is 2. The molecule has 3 rings (SSSR count). The highest BCUT2D eigenvalue weighted by Crippen LogP contribution is 2.21. The summed E-state index contributed by atoms with van der Waals surface area (Å²) in [7, 11) is 0. The van der Waals surface area contributed by atoms with Gasteiger partial charge >= 0.3 is 6.03 Å². The monoisotopic (exact) mass is 401 g/mol. The number of hydrogen-bond acceptors (Lipinski definition) is 2. The van der Waals surface area contributed by atoms with E-state index in [1.165, 1.54) is 30.5 Å². The molecule has 2 N–H and O–H groups in total. The number of benzene rings is 2. The van der Waals surface area contributed by atoms with Crippen LogP contribution in [0.5, 0.6) is 0 Å². The van der Waals surface area contributed by atoms with Crippen LogP contribution in [0.1, 0.15) is 24.8 Å². The van der Waals surface area contributed by atoms with Gasteiger partial charge in [0.2, 0.25) is 0 Å². The first-order chi connectivity index (χ1) is 12.2. The summed E-state index contributed by atoms with van der Waals surface area (Å²) in [5.74, 6) is 0. The van der Waals surface area contributed by atoms with Crippen LogP contribution in [0.15, 0.2) is 53.0 Å². The predicted molar refractivity (Wildman–Crippen MR) is 107 cm³/mol. The minimum Gasteiger partial charge on any atom is -0.372 e. The molecule has 1 aliphatic rings. The topological polar surface area (TPSA) is 44.4 Å². The van der Waals surface area contributed by atoms with Crippen LogP contribution in [-0.2, 0) is 6.42 Å². The van der Waals surface area contributed by atoms with Crippen LogP contribution in [0.3, 0.4) is 0 Å². The minimum atomic E-state index is -0.166. The molecule has 4 nitrogen and oxygen atoms in total. The van der Waals surface area contributed by atoms with Crippen molar-refractivity contribution in [3.05, 3.63) is 58.6 Å². The molecule has 132 valence electrons. The lowest BCUT2D eigenvalue weighted by Crippen LogP contribution is -2.30. The molecule has 0 spiro atoms. The molecule has 25 heavy (non-hydrogen) atoms. The van der Waals surface area contributed by atoms with Crippen LogP contribution >= 0.6 is 15.9 Å². The van der Waals surface area contributed by atoms with Crippen molar-refractivity contribution in [2.75, 3.05) is 29.9 Å². The van der Waals surface area contributed by atoms with Crippen LogP contribution in [0.2, 0.25) is 0 Å². The van der Waals surface area contributed by atoms with E-state index in [0.29, 0.717) is 6.54 Å². The number of nitrogens with zero attached hydrogens (tertiary/aromatic N) is 1. The van der Waals surface area contributed by atoms with E-state index in [-0.39, 0.29) is 6.03 Å². The second-order valence-electron chi connectivity index (χ2n) is 6.36. The number of piperidine rings is 1. The summed E-state index contributed by atoms with van der Waals surface area (Å²) in [4.78, 5) is 14.4. The summed E-state index contributed by atoms with van der Waals surface area (Å²) >= 11 is 3.46. The molecule has 0 atom stereocenters. The Morgan fingerprint density at radius 3 is 2.52 bits per heavy atom. The molecule has 2 amide bonds. The minimum absolute atomic E-state index is 0.166. The number of amides is 2. The van der Waals surface area contributed by atoms with Crippen molar-refractivity contribution in [3.63, 3.8) is 0 Å². The maximum Gasteiger partial charge on any atom is 0.319 e. The number of carbonyl (C=O) groups excluding carboxylic acids is 1. The molecule has 0 aromatic heterocycles. The molecule has 0 bridgehead atoms. The van der Waals surface area contributed by atoms with Crippen LogP contribution in [0, 0.1) is 0 Å². The largest absolute Gasteiger partial charge is 0.372 e. The van der Waals surface area contributed by atoms with Crippen molar-refractivity contribution >= 4 is 33.3 Å². The molecule has 1 aliphatic heterocycles. The smallest absolute Gasteiger partial charge is 0.319 e. The van der Waals surface area contributed by atoms with Gasteiger partial charge in [0.25, 0.3) is 0 Å². The lowest BCUT2D eigenvalue weighted by Gasteiger charge is -2.28. The van der Waals surface area contributed by atoms with Gasteiger partial charge in [-0.25, -0.2) is 4.79 Å². The van der Waals surface area contributed by atoms with Gasteiger partial charge in [-0.05, 0) is 67.6 Å². The number of urea groups is 1. The molecular weight excluding hydrogens is 378 g/mol. The summed E-state index contributed by atoms with van der Waals surface area (Å²) in [6.45, 7) is 2.86. The van der Waals surface area contributed by atoms with Gasteiger partial charge in [-0.3, -0.25) is 0 Å². The molecule has 1 heterocycles. The van der Waals surface area contributed by atoms with Crippen molar-refractivity contribution in [3.8, 4) is 0 Å². The number of hydrogen-bond donors (Lipinski definition) is 2. The first-order valence-electron chi connectivity index (χ1n) is 8.85. The lowest BCUT2D eigenvalue weighted by atomic mass is 10.1. The molecule has 1 fully saturated rings. The van der Waals surface area contributed by atoms with Crippen LogP contribution in [0.25, 0.3) is 0 Å². The second kappa shape index (κ2) is 8.90. The zero-order chi connectivity index (χ0) is 17.5. The maximum absolute atomic E-state index is 12.0. The van der Waals surface area contributed by atoms with Crippen LogP contribution < -0.4 is 15.5 Å². The van der Waals surface area contributed by atoms with Gasteiger partial charge in [0.15, 0.2) is 0 Å². The van der Waals surface area contributed by atoms with E-state index in [0.717, 1.165) is 29.7 Å². The Hall–Kier alpha value is -2.01. The summed E-state index contributed by atoms with van der Waals surface area (Å²) in [6.07, 6.45) is 4.66. The van der Waals surface area contributed by atoms with Gasteiger partial charge < -0.3 is 15.5 Å². The lowest BCUT2D eigenvalue weighted by molar-refractivity contribution is 0.252. The summed E-state index contributed by atoms with van der Waals surface area (Å²) in [5, 5.41) is 5.79. The van der Waals surface area contributed by atoms with Crippen molar-refractivity contribution in [1.82, 2.24) is 5.32 Å². The molecule has 5 heteroatoms. The maximum atomic E-state index is 12.0. The molecule has 2 aromatic carbocycles. The van der Waals surface area contributed by atoms with Gasteiger partial charge in [-0.15, -0.1) is 0 Å². The number of rotatable bonds is 5. The van der Waals surface area contributed by atoms with Gasteiger partial charge in [-0.1, -0.05) is 28.1 Å². The van der Waals surface area contributed by atoms with Crippen molar-refractivity contribution in [1.29, 1.82) is 0 Å². The van der Waals surface area contributed by atoms with E-state index in [1.54, 1.807) is 0 Å². The Bertz CT molecular complexity index is 696. The highest BCUT2D eigenvalue weighted by Gasteiger charge is 2.10. The summed E-state index contributed by atoms with van der Waals surface area (Å²) in [6, 6.07) is 16.1. The highest BCUT2D eigenvalue weighted by molar-refractivity contribution is 9.10. The second-order valence-corrected chi connectivity index (χ2v) is 7.27. The standard InChI is InChI=1S/C20H24BrN3O/c21-17-6-4-5-16(15-17)11-12-22-20(25)23-18-7-9-19(10-8-18)24-13-2-1-3-14-24/h4-10,15H,1-3,11-14H2,(H2,22,23,25). The van der Waals surface area contributed by atoms with Gasteiger partial charge in [0, 0.05) is 35.5 Å². The van der Waals surface area contributed by atoms with E-state index in [9.17, 15) is 4.79 Å². The third-order valence-electron chi connectivity index (χ3n) is 4.43. The Balaban J connectivity index is 1.44. The predicted octanol–water partition coefficient (Wildman–Crippen LogP) is 4.80. The van der Waals surface area contributed by atoms with Crippen LogP contribution in [0.4, 0.5) is 16.2 Å². The third kappa shape index (κ3) is 5.49. The summed E-state index contributed by atoms with van der Waals surface area (Å²) < 4.78 is 1.06. The Kier molecular flexibility index (Phi) is 6.34. The quantitative estimate of drug-likeness (QED) is 0.755. The average Bonchev–Trinajstić information content (AvgIpc) is 2.63. The van der Waals surface area contributed by atoms with Crippen molar-refractivity contribution < 1.29 is 4.79 Å². The zero-order valence-electron chi connectivity index (χ0n) is 14.3. The van der Waals surface area contributed by atoms with E-state index >= 15 is 0 Å². The normalized spacial score (nSPS) is 14.2. The first-order valence-corrected chi connectivity index (χ1v) is 9.64. The number of carbonyl (C=O) groups is 1. The number of nitrogens with one attached hydrogen (secondary N) is 2. The van der Waals surface area contributed by atoms with Crippen molar-refractivity contribution in [2.24, 2.45) is 0 Å². The van der Waals surface area contributed by atoms with Crippen molar-refractivity contribution in [2.45, 2.75) is 25.7 Å². The van der Waals surface area contributed by atoms with E-state index < -0.39 is 0 Å². The first kappa shape index (κ1) is 17.8. The highest BCUT2D eigenvalue weighted by atomic mass is 79.9. The van der Waals surface area contributed by atoms with E-state index in [2.05, 4.69) is 55.7 Å². The fourth-order valence-corrected chi connectivity index (χ4v) is 3.54. The third-order valence-corrected chi connectivity index (χ3v) is 4.93. The summed E-state index contributed by atoms with van der Waals surface area (Å²) in [5.41, 5.74) is 3.25. The molecule has 0 radical (unpaired) electrons. The Morgan fingerprint density at radius 1 is 1.04 bits per heavy atom.